The molecule has 1 aromatic rings. The summed E-state index contributed by atoms with van der Waals surface area (Å²) in [7, 11) is 0. The molecule has 1 fully saturated rings. The number of rotatable bonds is 8. The number of ether oxygens (including phenoxy) is 1. The second-order valence-electron chi connectivity index (χ2n) is 7.36. The Morgan fingerprint density at radius 2 is 1.79 bits per heavy atom. The van der Waals surface area contributed by atoms with Crippen molar-refractivity contribution in [1.82, 2.24) is 19.1 Å². The third-order valence-electron chi connectivity index (χ3n) is 4.79. The van der Waals surface area contributed by atoms with Crippen LogP contribution in [0.1, 0.15) is 39.5 Å². The van der Waals surface area contributed by atoms with Crippen molar-refractivity contribution in [3.8, 4) is 0 Å². The van der Waals surface area contributed by atoms with Gasteiger partial charge in [0, 0.05) is 44.0 Å². The van der Waals surface area contributed by atoms with Crippen molar-refractivity contribution in [2.24, 2.45) is 0 Å². The van der Waals surface area contributed by atoms with Crippen molar-refractivity contribution in [1.29, 1.82) is 0 Å². The lowest BCUT2D eigenvalue weighted by Gasteiger charge is -2.38. The Kier molecular flexibility index (Phi) is 8.07. The fraction of sp³-hybridized carbons (Fsp3) is 0.765. The standard InChI is InChI=1S/C17H30ClN4O5P/c1-12(2)20-6-8-21(9-7-20)28(18,25)26-11-14(4)27-15(5)22-10-13(3)16(23)19-17(22)24/h10,12,14-15H,6-9,11H2,1-5H3,(H,19,23,24)/t14-,15+,28?/m0/s1. The predicted octanol–water partition coefficient (Wildman–Crippen LogP) is 2.16. The van der Waals surface area contributed by atoms with Crippen LogP contribution in [0, 0.1) is 6.92 Å². The largest absolute Gasteiger partial charge is 0.363 e. The summed E-state index contributed by atoms with van der Waals surface area (Å²) in [5.41, 5.74) is -0.572. The van der Waals surface area contributed by atoms with E-state index in [4.69, 9.17) is 20.5 Å². The zero-order chi connectivity index (χ0) is 21.1. The fourth-order valence-electron chi connectivity index (χ4n) is 3.04. The van der Waals surface area contributed by atoms with Gasteiger partial charge in [0.2, 0.25) is 0 Å². The first kappa shape index (κ1) is 23.3. The highest BCUT2D eigenvalue weighted by molar-refractivity contribution is 7.83. The van der Waals surface area contributed by atoms with Crippen molar-refractivity contribution in [2.75, 3.05) is 32.8 Å². The van der Waals surface area contributed by atoms with Gasteiger partial charge in [-0.3, -0.25) is 23.8 Å². The predicted molar refractivity (Wildman–Crippen MR) is 109 cm³/mol. The van der Waals surface area contributed by atoms with Crippen molar-refractivity contribution in [3.63, 3.8) is 0 Å². The number of aromatic amines is 1. The molecule has 0 amide bonds. The summed E-state index contributed by atoms with van der Waals surface area (Å²) < 4.78 is 27.0. The van der Waals surface area contributed by atoms with Gasteiger partial charge in [-0.2, -0.15) is 0 Å². The van der Waals surface area contributed by atoms with Gasteiger partial charge in [0.25, 0.3) is 5.56 Å². The van der Waals surface area contributed by atoms with Crippen molar-refractivity contribution < 1.29 is 13.8 Å². The topological polar surface area (TPSA) is 96.9 Å². The van der Waals surface area contributed by atoms with Crippen LogP contribution in [0.2, 0.25) is 0 Å². The maximum absolute atomic E-state index is 12.7. The summed E-state index contributed by atoms with van der Waals surface area (Å²) in [4.78, 5) is 27.9. The summed E-state index contributed by atoms with van der Waals surface area (Å²) in [6, 6.07) is 0.438. The highest BCUT2D eigenvalue weighted by Gasteiger charge is 2.33. The van der Waals surface area contributed by atoms with Gasteiger partial charge in [0.15, 0.2) is 0 Å². The lowest BCUT2D eigenvalue weighted by Crippen LogP contribution is -2.47. The summed E-state index contributed by atoms with van der Waals surface area (Å²) in [6.07, 6.45) is 0.351. The third kappa shape index (κ3) is 6.02. The molecule has 160 valence electrons. The normalized spacial score (nSPS) is 20.8. The second kappa shape index (κ2) is 9.69. The molecule has 1 saturated heterocycles. The van der Waals surface area contributed by atoms with Gasteiger partial charge in [-0.05, 0) is 45.9 Å². The minimum Gasteiger partial charge on any atom is -0.353 e. The van der Waals surface area contributed by atoms with Crippen molar-refractivity contribution in [2.45, 2.75) is 53.0 Å². The molecule has 1 N–H and O–H groups in total. The van der Waals surface area contributed by atoms with Crippen LogP contribution in [0.4, 0.5) is 0 Å². The van der Waals surface area contributed by atoms with Crippen LogP contribution in [-0.4, -0.2) is 64.1 Å². The van der Waals surface area contributed by atoms with Gasteiger partial charge in [0.1, 0.15) is 6.23 Å². The third-order valence-corrected chi connectivity index (χ3v) is 7.27. The van der Waals surface area contributed by atoms with E-state index in [1.54, 1.807) is 25.4 Å². The highest BCUT2D eigenvalue weighted by atomic mass is 35.7. The van der Waals surface area contributed by atoms with E-state index in [0.717, 1.165) is 13.1 Å². The Hall–Kier alpha value is -0.960. The number of piperazine rings is 1. The van der Waals surface area contributed by atoms with E-state index < -0.39 is 30.5 Å². The number of aryl methyl sites for hydroxylation is 1. The van der Waals surface area contributed by atoms with Gasteiger partial charge >= 0.3 is 12.6 Å². The van der Waals surface area contributed by atoms with Crippen LogP contribution in [0.15, 0.2) is 15.8 Å². The van der Waals surface area contributed by atoms with Crippen LogP contribution in [0.3, 0.4) is 0 Å². The van der Waals surface area contributed by atoms with E-state index in [1.165, 1.54) is 10.8 Å². The van der Waals surface area contributed by atoms with Crippen LogP contribution in [0.25, 0.3) is 0 Å². The second-order valence-corrected chi connectivity index (χ2v) is 10.4. The highest BCUT2D eigenvalue weighted by Crippen LogP contribution is 2.56. The molecule has 0 aliphatic carbocycles. The zero-order valence-corrected chi connectivity index (χ0v) is 18.7. The first-order valence-corrected chi connectivity index (χ1v) is 11.9. The molecule has 2 rings (SSSR count). The zero-order valence-electron chi connectivity index (χ0n) is 17.1. The number of hydrogen-bond acceptors (Lipinski definition) is 6. The van der Waals surface area contributed by atoms with Gasteiger partial charge in [-0.25, -0.2) is 9.46 Å². The monoisotopic (exact) mass is 436 g/mol. The molecule has 0 radical (unpaired) electrons. The van der Waals surface area contributed by atoms with E-state index in [-0.39, 0.29) is 6.61 Å². The molecule has 11 heteroatoms. The van der Waals surface area contributed by atoms with Crippen molar-refractivity contribution >= 4 is 18.1 Å². The molecule has 1 unspecified atom stereocenters. The molecule has 1 aliphatic rings. The van der Waals surface area contributed by atoms with E-state index in [2.05, 4.69) is 23.7 Å². The molecule has 3 atom stereocenters. The lowest BCUT2D eigenvalue weighted by atomic mass is 10.3. The van der Waals surface area contributed by atoms with Crippen LogP contribution < -0.4 is 11.2 Å². The minimum atomic E-state index is -3.43. The number of hydrogen-bond donors (Lipinski definition) is 1. The molecular formula is C17H30ClN4O5P. The van der Waals surface area contributed by atoms with E-state index in [1.807, 2.05) is 0 Å². The van der Waals surface area contributed by atoms with Gasteiger partial charge in [-0.15, -0.1) is 0 Å². The Labute approximate surface area is 169 Å². The minimum absolute atomic E-state index is 0.0204. The Bertz CT molecular complexity index is 819. The smallest absolute Gasteiger partial charge is 0.353 e. The number of nitrogens with zero attached hydrogens (tertiary/aromatic N) is 3. The summed E-state index contributed by atoms with van der Waals surface area (Å²) in [5.74, 6) is 0. The molecule has 9 nitrogen and oxygen atoms in total. The number of aromatic nitrogens is 2. The maximum Gasteiger partial charge on any atom is 0.363 e. The number of halogens is 1. The molecule has 28 heavy (non-hydrogen) atoms. The van der Waals surface area contributed by atoms with E-state index >= 15 is 0 Å². The summed E-state index contributed by atoms with van der Waals surface area (Å²) in [6.45, 7) is 8.61. The Morgan fingerprint density at radius 3 is 2.36 bits per heavy atom. The fourth-order valence-corrected chi connectivity index (χ4v) is 4.88. The molecule has 1 aromatic heterocycles. The van der Waals surface area contributed by atoms with Crippen molar-refractivity contribution in [3.05, 3.63) is 32.6 Å². The maximum atomic E-state index is 12.7. The average molecular weight is 437 g/mol. The van der Waals surface area contributed by atoms with Crippen LogP contribution in [0.5, 0.6) is 0 Å². The number of nitrogens with one attached hydrogen (secondary N) is 1. The average Bonchev–Trinajstić information content (AvgIpc) is 2.63. The molecule has 2 heterocycles. The molecule has 0 spiro atoms. The SMILES string of the molecule is Cc1cn([C@@H](C)O[C@@H](C)COP(=O)(Cl)N2CCN(C(C)C)CC2)c(=O)[nH]c1=O. The van der Waals surface area contributed by atoms with Gasteiger partial charge in [-0.1, -0.05) is 0 Å². The quantitative estimate of drug-likeness (QED) is 0.623. The first-order valence-electron chi connectivity index (χ1n) is 9.42. The molecule has 0 bridgehead atoms. The molecular weight excluding hydrogens is 407 g/mol. The molecule has 0 aromatic carbocycles. The van der Waals surface area contributed by atoms with Crippen LogP contribution in [-0.2, 0) is 13.8 Å². The van der Waals surface area contributed by atoms with Crippen LogP contribution >= 0.6 is 18.1 Å². The Morgan fingerprint density at radius 1 is 1.18 bits per heavy atom. The van der Waals surface area contributed by atoms with E-state index in [9.17, 15) is 14.2 Å². The Balaban J connectivity index is 1.88. The number of H-pyrrole nitrogens is 1. The lowest BCUT2D eigenvalue weighted by molar-refractivity contribution is -0.0543. The van der Waals surface area contributed by atoms with Gasteiger partial charge < -0.3 is 9.26 Å². The van der Waals surface area contributed by atoms with E-state index in [0.29, 0.717) is 24.7 Å². The molecule has 0 saturated carbocycles. The first-order chi connectivity index (χ1) is 13.0. The molecule has 1 aliphatic heterocycles. The van der Waals surface area contributed by atoms with Gasteiger partial charge in [0.05, 0.1) is 12.7 Å². The summed E-state index contributed by atoms with van der Waals surface area (Å²) in [5, 5.41) is 0. The summed E-state index contributed by atoms with van der Waals surface area (Å²) >= 11 is 6.19.